The molecule has 7 heteroatoms. The van der Waals surface area contributed by atoms with Crippen LogP contribution in [0.3, 0.4) is 0 Å². The zero-order chi connectivity index (χ0) is 14.9. The number of halogens is 2. The van der Waals surface area contributed by atoms with Crippen LogP contribution in [-0.2, 0) is 0 Å². The zero-order valence-corrected chi connectivity index (χ0v) is 11.5. The molecule has 0 saturated carbocycles. The molecule has 1 aromatic heterocycles. The van der Waals surface area contributed by atoms with Crippen LogP contribution in [0.1, 0.15) is 24.3 Å². The number of carboxylic acid groups (broad SMARTS) is 1. The van der Waals surface area contributed by atoms with Gasteiger partial charge in [-0.15, -0.1) is 0 Å². The van der Waals surface area contributed by atoms with Gasteiger partial charge in [0.05, 0.1) is 16.8 Å². The smallest absolute Gasteiger partial charge is 0.353 e. The van der Waals surface area contributed by atoms with E-state index in [1.807, 2.05) is 13.8 Å². The van der Waals surface area contributed by atoms with Gasteiger partial charge in [0.15, 0.2) is 0 Å². The molecule has 1 aromatic carbocycles. The lowest BCUT2D eigenvalue weighted by atomic mass is 10.1. The first-order chi connectivity index (χ1) is 9.38. The number of nitrogens with zero attached hydrogens (tertiary/aromatic N) is 1. The molecule has 0 amide bonds. The van der Waals surface area contributed by atoms with Crippen LogP contribution in [0.2, 0.25) is 5.02 Å². The first kappa shape index (κ1) is 14.3. The summed E-state index contributed by atoms with van der Waals surface area (Å²) in [5.74, 6) is -1.45. The van der Waals surface area contributed by atoms with Gasteiger partial charge >= 0.3 is 5.97 Å². The average molecular weight is 299 g/mol. The van der Waals surface area contributed by atoms with Crippen LogP contribution in [-0.4, -0.2) is 27.4 Å². The van der Waals surface area contributed by atoms with Gasteiger partial charge in [0.1, 0.15) is 17.3 Å². The van der Waals surface area contributed by atoms with E-state index >= 15 is 0 Å². The van der Waals surface area contributed by atoms with Crippen LogP contribution < -0.4 is 4.74 Å². The van der Waals surface area contributed by atoms with Gasteiger partial charge in [-0.1, -0.05) is 11.6 Å². The van der Waals surface area contributed by atoms with Crippen molar-refractivity contribution < 1.29 is 19.0 Å². The van der Waals surface area contributed by atoms with Gasteiger partial charge < -0.3 is 9.84 Å². The van der Waals surface area contributed by atoms with Crippen LogP contribution in [0.4, 0.5) is 4.39 Å². The van der Waals surface area contributed by atoms with Gasteiger partial charge in [-0.25, -0.2) is 9.18 Å². The largest absolute Gasteiger partial charge is 0.489 e. The zero-order valence-electron chi connectivity index (χ0n) is 10.8. The van der Waals surface area contributed by atoms with Crippen LogP contribution in [0.15, 0.2) is 18.2 Å². The summed E-state index contributed by atoms with van der Waals surface area (Å²) >= 11 is 5.90. The van der Waals surface area contributed by atoms with Crippen molar-refractivity contribution in [1.29, 1.82) is 0 Å². The van der Waals surface area contributed by atoms with Crippen molar-refractivity contribution in [1.82, 2.24) is 10.2 Å². The predicted octanol–water partition coefficient (Wildman–Crippen LogP) is 3.35. The van der Waals surface area contributed by atoms with Crippen molar-refractivity contribution in [3.63, 3.8) is 0 Å². The van der Waals surface area contributed by atoms with Crippen molar-refractivity contribution in [2.45, 2.75) is 20.0 Å². The summed E-state index contributed by atoms with van der Waals surface area (Å²) in [5, 5.41) is 15.1. The number of rotatable bonds is 4. The molecule has 0 aliphatic rings. The number of carbonyl (C=O) groups is 1. The second kappa shape index (κ2) is 5.50. The van der Waals surface area contributed by atoms with Crippen molar-refractivity contribution in [3.05, 3.63) is 34.7 Å². The van der Waals surface area contributed by atoms with Crippen LogP contribution in [0.25, 0.3) is 11.3 Å². The number of aromatic carboxylic acids is 1. The van der Waals surface area contributed by atoms with Crippen molar-refractivity contribution in [2.24, 2.45) is 0 Å². The third kappa shape index (κ3) is 2.91. The Labute approximate surface area is 119 Å². The van der Waals surface area contributed by atoms with Gasteiger partial charge in [0.2, 0.25) is 0 Å². The third-order valence-electron chi connectivity index (χ3n) is 2.47. The maximum Gasteiger partial charge on any atom is 0.353 e. The Morgan fingerprint density at radius 2 is 2.15 bits per heavy atom. The summed E-state index contributed by atoms with van der Waals surface area (Å²) < 4.78 is 19.4. The van der Waals surface area contributed by atoms with E-state index in [2.05, 4.69) is 10.2 Å². The maximum absolute atomic E-state index is 13.9. The summed E-state index contributed by atoms with van der Waals surface area (Å²) in [5.41, 5.74) is 0.166. The normalized spacial score (nSPS) is 10.8. The highest BCUT2D eigenvalue weighted by atomic mass is 35.5. The van der Waals surface area contributed by atoms with Crippen molar-refractivity contribution >= 4 is 17.6 Å². The lowest BCUT2D eigenvalue weighted by Crippen LogP contribution is -2.06. The van der Waals surface area contributed by atoms with Gasteiger partial charge in [-0.3, -0.25) is 5.10 Å². The summed E-state index contributed by atoms with van der Waals surface area (Å²) in [6.45, 7) is 3.63. The fourth-order valence-electron chi connectivity index (χ4n) is 1.64. The predicted molar refractivity (Wildman–Crippen MR) is 71.7 cm³/mol. The molecule has 5 nitrogen and oxygen atoms in total. The number of carboxylic acids is 1. The molecule has 2 aromatic rings. The molecular weight excluding hydrogens is 287 g/mol. The summed E-state index contributed by atoms with van der Waals surface area (Å²) in [7, 11) is 0. The number of nitrogens with one attached hydrogen (secondary N) is 1. The first-order valence-corrected chi connectivity index (χ1v) is 6.21. The molecular formula is C13H12ClFN2O3. The molecule has 2 N–H and O–H groups in total. The number of hydrogen-bond acceptors (Lipinski definition) is 3. The van der Waals surface area contributed by atoms with Gasteiger partial charge in [0.25, 0.3) is 0 Å². The Balaban J connectivity index is 2.46. The van der Waals surface area contributed by atoms with Crippen molar-refractivity contribution in [2.75, 3.05) is 0 Å². The second-order valence-electron chi connectivity index (χ2n) is 4.40. The minimum atomic E-state index is -1.17. The summed E-state index contributed by atoms with van der Waals surface area (Å²) in [6, 6.07) is 3.76. The molecule has 0 aliphatic carbocycles. The first-order valence-electron chi connectivity index (χ1n) is 5.83. The molecule has 0 unspecified atom stereocenters. The standard InChI is InChI=1S/C13H12ClFN2O3/c1-6(2)20-12-3-7(9(15)4-8(12)14)10-5-11(13(18)19)17-16-10/h3-6H,1-2H3,(H,16,17)(H,18,19). The molecule has 0 saturated heterocycles. The van der Waals surface area contributed by atoms with E-state index in [4.69, 9.17) is 21.4 Å². The van der Waals surface area contributed by atoms with E-state index in [0.717, 1.165) is 6.07 Å². The minimum Gasteiger partial charge on any atom is -0.489 e. The molecule has 0 aliphatic heterocycles. The topological polar surface area (TPSA) is 75.2 Å². The molecule has 0 atom stereocenters. The van der Waals surface area contributed by atoms with E-state index < -0.39 is 11.8 Å². The SMILES string of the molecule is CC(C)Oc1cc(-c2cc(C(=O)O)[nH]n2)c(F)cc1Cl. The lowest BCUT2D eigenvalue weighted by molar-refractivity contribution is 0.0690. The highest BCUT2D eigenvalue weighted by molar-refractivity contribution is 6.32. The van der Waals surface area contributed by atoms with Crippen LogP contribution in [0.5, 0.6) is 5.75 Å². The fraction of sp³-hybridized carbons (Fsp3) is 0.231. The quantitative estimate of drug-likeness (QED) is 0.907. The number of ether oxygens (including phenoxy) is 1. The monoisotopic (exact) mass is 298 g/mol. The van der Waals surface area contributed by atoms with Crippen LogP contribution >= 0.6 is 11.6 Å². The van der Waals surface area contributed by atoms with E-state index in [1.165, 1.54) is 12.1 Å². The fourth-order valence-corrected chi connectivity index (χ4v) is 1.83. The van der Waals surface area contributed by atoms with E-state index in [-0.39, 0.29) is 28.1 Å². The Morgan fingerprint density at radius 3 is 2.70 bits per heavy atom. The minimum absolute atomic E-state index is 0.119. The molecule has 106 valence electrons. The molecule has 2 rings (SSSR count). The molecule has 0 spiro atoms. The molecule has 20 heavy (non-hydrogen) atoms. The maximum atomic E-state index is 13.9. The number of aromatic nitrogens is 2. The Bertz CT molecular complexity index is 655. The summed E-state index contributed by atoms with van der Waals surface area (Å²) in [6.07, 6.45) is -0.125. The number of hydrogen-bond donors (Lipinski definition) is 2. The number of aromatic amines is 1. The van der Waals surface area contributed by atoms with Gasteiger partial charge in [-0.2, -0.15) is 5.10 Å². The highest BCUT2D eigenvalue weighted by Crippen LogP contribution is 2.33. The van der Waals surface area contributed by atoms with E-state index in [0.29, 0.717) is 5.75 Å². The Kier molecular flexibility index (Phi) is 3.94. The van der Waals surface area contributed by atoms with Gasteiger partial charge in [0, 0.05) is 5.56 Å². The van der Waals surface area contributed by atoms with Crippen LogP contribution in [0, 0.1) is 5.82 Å². The van der Waals surface area contributed by atoms with Gasteiger partial charge in [-0.05, 0) is 32.0 Å². The highest BCUT2D eigenvalue weighted by Gasteiger charge is 2.16. The Morgan fingerprint density at radius 1 is 1.45 bits per heavy atom. The molecule has 0 fully saturated rings. The molecule has 0 bridgehead atoms. The van der Waals surface area contributed by atoms with Crippen molar-refractivity contribution in [3.8, 4) is 17.0 Å². The number of benzene rings is 1. The summed E-state index contributed by atoms with van der Waals surface area (Å²) in [4.78, 5) is 10.8. The average Bonchev–Trinajstić information content (AvgIpc) is 2.81. The molecule has 1 heterocycles. The molecule has 0 radical (unpaired) electrons. The van der Waals surface area contributed by atoms with E-state index in [9.17, 15) is 9.18 Å². The third-order valence-corrected chi connectivity index (χ3v) is 2.76. The lowest BCUT2D eigenvalue weighted by Gasteiger charge is -2.12. The Hall–Kier alpha value is -2.08. The van der Waals surface area contributed by atoms with E-state index in [1.54, 1.807) is 0 Å². The second-order valence-corrected chi connectivity index (χ2v) is 4.81. The number of H-pyrrole nitrogens is 1.